The molecule has 0 bridgehead atoms. The van der Waals surface area contributed by atoms with Crippen LogP contribution in [0.5, 0.6) is 0 Å². The molecule has 0 fully saturated rings. The van der Waals surface area contributed by atoms with E-state index in [2.05, 4.69) is 24.0 Å². The van der Waals surface area contributed by atoms with E-state index >= 15 is 0 Å². The van der Waals surface area contributed by atoms with Gasteiger partial charge in [0.2, 0.25) is 0 Å². The van der Waals surface area contributed by atoms with Crippen molar-refractivity contribution in [3.8, 4) is 0 Å². The smallest absolute Gasteiger partial charge is 0.269 e. The Kier molecular flexibility index (Phi) is 5.23. The minimum Gasteiger partial charge on any atom is -0.306 e. The van der Waals surface area contributed by atoms with Crippen molar-refractivity contribution in [1.29, 1.82) is 0 Å². The lowest BCUT2D eigenvalue weighted by Crippen LogP contribution is -2.20. The first kappa shape index (κ1) is 14.9. The number of hydrogen-bond acceptors (Lipinski definition) is 3. The van der Waals surface area contributed by atoms with E-state index in [1.165, 1.54) is 17.7 Å². The summed E-state index contributed by atoms with van der Waals surface area (Å²) < 4.78 is 0. The highest BCUT2D eigenvalue weighted by molar-refractivity contribution is 5.34. The third-order valence-electron chi connectivity index (χ3n) is 3.30. The highest BCUT2D eigenvalue weighted by Gasteiger charge is 2.11. The summed E-state index contributed by atoms with van der Waals surface area (Å²) >= 11 is 0. The Morgan fingerprint density at radius 2 is 1.81 bits per heavy atom. The van der Waals surface area contributed by atoms with Crippen molar-refractivity contribution < 1.29 is 4.92 Å². The van der Waals surface area contributed by atoms with Crippen LogP contribution in [0.4, 0.5) is 5.69 Å². The predicted molar refractivity (Wildman–Crippen MR) is 83.9 cm³/mol. The summed E-state index contributed by atoms with van der Waals surface area (Å²) in [6.45, 7) is 4.52. The normalized spacial score (nSPS) is 11.8. The van der Waals surface area contributed by atoms with Crippen LogP contribution in [0, 0.1) is 10.1 Å². The van der Waals surface area contributed by atoms with Gasteiger partial charge in [-0.15, -0.1) is 6.58 Å². The van der Waals surface area contributed by atoms with Gasteiger partial charge in [0.25, 0.3) is 5.69 Å². The number of rotatable bonds is 7. The Bertz CT molecular complexity index is 594. The van der Waals surface area contributed by atoms with E-state index < -0.39 is 0 Å². The molecule has 0 spiro atoms. The SMILES string of the molecule is C=CC[C@@H](NCc1ccccc1)c1ccc([N+](=O)[O-])cc1. The topological polar surface area (TPSA) is 55.2 Å². The summed E-state index contributed by atoms with van der Waals surface area (Å²) in [5.74, 6) is 0. The summed E-state index contributed by atoms with van der Waals surface area (Å²) in [7, 11) is 0. The van der Waals surface area contributed by atoms with Gasteiger partial charge in [-0.05, 0) is 17.5 Å². The van der Waals surface area contributed by atoms with Crippen molar-refractivity contribution in [2.45, 2.75) is 19.0 Å². The molecule has 1 N–H and O–H groups in total. The van der Waals surface area contributed by atoms with Crippen LogP contribution in [0.1, 0.15) is 23.6 Å². The molecule has 0 saturated carbocycles. The van der Waals surface area contributed by atoms with Crippen LogP contribution >= 0.6 is 0 Å². The second-order valence-corrected chi connectivity index (χ2v) is 4.79. The summed E-state index contributed by atoms with van der Waals surface area (Å²) in [5, 5.41) is 14.2. The number of benzene rings is 2. The van der Waals surface area contributed by atoms with Crippen LogP contribution in [-0.2, 0) is 6.54 Å². The molecule has 2 rings (SSSR count). The number of hydrogen-bond donors (Lipinski definition) is 1. The van der Waals surface area contributed by atoms with Gasteiger partial charge in [0.05, 0.1) is 4.92 Å². The van der Waals surface area contributed by atoms with E-state index in [9.17, 15) is 10.1 Å². The molecule has 0 amide bonds. The minimum absolute atomic E-state index is 0.100. The second-order valence-electron chi connectivity index (χ2n) is 4.79. The van der Waals surface area contributed by atoms with Gasteiger partial charge in [-0.1, -0.05) is 48.5 Å². The zero-order valence-electron chi connectivity index (χ0n) is 11.7. The summed E-state index contributed by atoms with van der Waals surface area (Å²) in [5.41, 5.74) is 2.34. The van der Waals surface area contributed by atoms with Gasteiger partial charge in [0.15, 0.2) is 0 Å². The number of non-ortho nitro benzene ring substituents is 1. The van der Waals surface area contributed by atoms with E-state index in [0.29, 0.717) is 0 Å². The molecular weight excluding hydrogens is 264 g/mol. The van der Waals surface area contributed by atoms with Crippen LogP contribution in [0.15, 0.2) is 67.3 Å². The van der Waals surface area contributed by atoms with Crippen molar-refractivity contribution in [3.63, 3.8) is 0 Å². The van der Waals surface area contributed by atoms with Gasteiger partial charge >= 0.3 is 0 Å². The summed E-state index contributed by atoms with van der Waals surface area (Å²) in [4.78, 5) is 10.3. The van der Waals surface area contributed by atoms with Gasteiger partial charge < -0.3 is 5.32 Å². The molecule has 0 radical (unpaired) electrons. The zero-order valence-corrected chi connectivity index (χ0v) is 11.7. The quantitative estimate of drug-likeness (QED) is 0.474. The largest absolute Gasteiger partial charge is 0.306 e. The lowest BCUT2D eigenvalue weighted by molar-refractivity contribution is -0.384. The molecule has 0 aliphatic heterocycles. The monoisotopic (exact) mass is 282 g/mol. The van der Waals surface area contributed by atoms with Gasteiger partial charge in [-0.3, -0.25) is 10.1 Å². The van der Waals surface area contributed by atoms with Gasteiger partial charge in [0.1, 0.15) is 0 Å². The van der Waals surface area contributed by atoms with Crippen LogP contribution in [0.3, 0.4) is 0 Å². The van der Waals surface area contributed by atoms with Crippen molar-refractivity contribution in [1.82, 2.24) is 5.32 Å². The zero-order chi connectivity index (χ0) is 15.1. The fraction of sp³-hybridized carbons (Fsp3) is 0.176. The lowest BCUT2D eigenvalue weighted by Gasteiger charge is -2.17. The molecule has 0 heterocycles. The molecule has 0 aliphatic carbocycles. The fourth-order valence-corrected chi connectivity index (χ4v) is 2.17. The standard InChI is InChI=1S/C17H18N2O2/c1-2-6-17(18-13-14-7-4-3-5-8-14)15-9-11-16(12-10-15)19(20)21/h2-5,7-12,17-18H,1,6,13H2/t17-/m1/s1. The maximum absolute atomic E-state index is 10.7. The number of nitro groups is 1. The molecular formula is C17H18N2O2. The molecule has 0 unspecified atom stereocenters. The highest BCUT2D eigenvalue weighted by atomic mass is 16.6. The van der Waals surface area contributed by atoms with Crippen molar-refractivity contribution in [3.05, 3.63) is 88.5 Å². The van der Waals surface area contributed by atoms with E-state index in [1.54, 1.807) is 12.1 Å². The highest BCUT2D eigenvalue weighted by Crippen LogP contribution is 2.21. The van der Waals surface area contributed by atoms with E-state index in [1.807, 2.05) is 24.3 Å². The average molecular weight is 282 g/mol. The number of nitrogens with zero attached hydrogens (tertiary/aromatic N) is 1. The van der Waals surface area contributed by atoms with Crippen LogP contribution in [0.2, 0.25) is 0 Å². The molecule has 2 aromatic rings. The van der Waals surface area contributed by atoms with Gasteiger partial charge in [-0.2, -0.15) is 0 Å². The van der Waals surface area contributed by atoms with E-state index in [-0.39, 0.29) is 16.7 Å². The summed E-state index contributed by atoms with van der Waals surface area (Å²) in [6, 6.07) is 16.9. The van der Waals surface area contributed by atoms with Gasteiger partial charge in [-0.25, -0.2) is 0 Å². The molecule has 21 heavy (non-hydrogen) atoms. The molecule has 2 aromatic carbocycles. The Hall–Kier alpha value is -2.46. The first-order chi connectivity index (χ1) is 10.2. The van der Waals surface area contributed by atoms with E-state index in [4.69, 9.17) is 0 Å². The Balaban J connectivity index is 2.07. The second kappa shape index (κ2) is 7.36. The Morgan fingerprint density at radius 3 is 2.38 bits per heavy atom. The third-order valence-corrected chi connectivity index (χ3v) is 3.30. The molecule has 0 saturated heterocycles. The Labute approximate surface area is 124 Å². The van der Waals surface area contributed by atoms with E-state index in [0.717, 1.165) is 18.5 Å². The lowest BCUT2D eigenvalue weighted by atomic mass is 10.0. The van der Waals surface area contributed by atoms with Crippen molar-refractivity contribution >= 4 is 5.69 Å². The first-order valence-electron chi connectivity index (χ1n) is 6.83. The molecule has 0 aromatic heterocycles. The molecule has 1 atom stereocenters. The van der Waals surface area contributed by atoms with Crippen molar-refractivity contribution in [2.75, 3.05) is 0 Å². The molecule has 4 heteroatoms. The molecule has 108 valence electrons. The average Bonchev–Trinajstić information content (AvgIpc) is 2.52. The Morgan fingerprint density at radius 1 is 1.14 bits per heavy atom. The molecule has 4 nitrogen and oxygen atoms in total. The van der Waals surface area contributed by atoms with Crippen LogP contribution in [-0.4, -0.2) is 4.92 Å². The maximum atomic E-state index is 10.7. The van der Waals surface area contributed by atoms with Crippen LogP contribution < -0.4 is 5.32 Å². The maximum Gasteiger partial charge on any atom is 0.269 e. The number of nitro benzene ring substituents is 1. The van der Waals surface area contributed by atoms with Crippen LogP contribution in [0.25, 0.3) is 0 Å². The number of nitrogens with one attached hydrogen (secondary N) is 1. The fourth-order valence-electron chi connectivity index (χ4n) is 2.17. The van der Waals surface area contributed by atoms with Gasteiger partial charge in [0, 0.05) is 24.7 Å². The predicted octanol–water partition coefficient (Wildman–Crippen LogP) is 4.00. The molecule has 0 aliphatic rings. The minimum atomic E-state index is -0.385. The first-order valence-corrected chi connectivity index (χ1v) is 6.83. The summed E-state index contributed by atoms with van der Waals surface area (Å²) in [6.07, 6.45) is 2.62. The van der Waals surface area contributed by atoms with Crippen molar-refractivity contribution in [2.24, 2.45) is 0 Å². The third kappa shape index (κ3) is 4.26.